The first-order valence-corrected chi connectivity index (χ1v) is 6.29. The van der Waals surface area contributed by atoms with Crippen LogP contribution in [0.5, 0.6) is 0 Å². The van der Waals surface area contributed by atoms with Crippen LogP contribution in [0.4, 0.5) is 0 Å². The van der Waals surface area contributed by atoms with E-state index in [2.05, 4.69) is 65.0 Å². The summed E-state index contributed by atoms with van der Waals surface area (Å²) in [5.74, 6) is 0.488. The molecule has 0 unspecified atom stereocenters. The Hall–Kier alpha value is -1.37. The van der Waals surface area contributed by atoms with Crippen LogP contribution in [0.1, 0.15) is 51.8 Å². The fourth-order valence-corrected chi connectivity index (χ4v) is 1.93. The number of benzene rings is 1. The third-order valence-electron chi connectivity index (χ3n) is 3.17. The summed E-state index contributed by atoms with van der Waals surface area (Å²) in [6, 6.07) is 10.9. The monoisotopic (exact) mass is 227 g/mol. The second-order valence-electron chi connectivity index (χ2n) is 6.05. The lowest BCUT2D eigenvalue weighted by molar-refractivity contribution is 0.591. The largest absolute Gasteiger partial charge is 0.253 e. The molecule has 2 aromatic rings. The third-order valence-corrected chi connectivity index (χ3v) is 3.17. The SMILES string of the molecule is CC(C)c1ccc2cc(C(C)(C)C)ccc2n1. The molecule has 17 heavy (non-hydrogen) atoms. The molecule has 2 rings (SSSR count). The standard InChI is InChI=1S/C16H21N/c1-11(2)14-8-6-12-10-13(16(3,4)5)7-9-15(12)17-14/h6-11H,1-5H3. The van der Waals surface area contributed by atoms with E-state index in [-0.39, 0.29) is 5.41 Å². The summed E-state index contributed by atoms with van der Waals surface area (Å²) in [6.45, 7) is 11.1. The Morgan fingerprint density at radius 3 is 2.29 bits per heavy atom. The van der Waals surface area contributed by atoms with E-state index < -0.39 is 0 Å². The lowest BCUT2D eigenvalue weighted by Crippen LogP contribution is -2.10. The molecule has 0 aliphatic heterocycles. The van der Waals surface area contributed by atoms with Gasteiger partial charge < -0.3 is 0 Å². The van der Waals surface area contributed by atoms with Crippen molar-refractivity contribution < 1.29 is 0 Å². The van der Waals surface area contributed by atoms with E-state index in [1.165, 1.54) is 16.6 Å². The van der Waals surface area contributed by atoms with Crippen molar-refractivity contribution in [2.75, 3.05) is 0 Å². The minimum Gasteiger partial charge on any atom is -0.253 e. The van der Waals surface area contributed by atoms with E-state index in [0.29, 0.717) is 5.92 Å². The number of pyridine rings is 1. The summed E-state index contributed by atoms with van der Waals surface area (Å²) < 4.78 is 0. The van der Waals surface area contributed by atoms with Crippen LogP contribution in [0.25, 0.3) is 10.9 Å². The van der Waals surface area contributed by atoms with E-state index in [4.69, 9.17) is 4.98 Å². The summed E-state index contributed by atoms with van der Waals surface area (Å²) >= 11 is 0. The van der Waals surface area contributed by atoms with Crippen molar-refractivity contribution in [3.8, 4) is 0 Å². The molecular formula is C16H21N. The molecular weight excluding hydrogens is 206 g/mol. The molecule has 0 aliphatic carbocycles. The Kier molecular flexibility index (Phi) is 2.94. The third kappa shape index (κ3) is 2.49. The van der Waals surface area contributed by atoms with E-state index >= 15 is 0 Å². The molecule has 1 heteroatoms. The molecule has 90 valence electrons. The zero-order chi connectivity index (χ0) is 12.6. The van der Waals surface area contributed by atoms with Gasteiger partial charge in [0.05, 0.1) is 5.52 Å². The quantitative estimate of drug-likeness (QED) is 0.690. The molecule has 0 aliphatic rings. The summed E-state index contributed by atoms with van der Waals surface area (Å²) in [5.41, 5.74) is 3.83. The maximum absolute atomic E-state index is 4.70. The highest BCUT2D eigenvalue weighted by Crippen LogP contribution is 2.26. The summed E-state index contributed by atoms with van der Waals surface area (Å²) in [7, 11) is 0. The molecule has 0 saturated heterocycles. The average Bonchev–Trinajstić information content (AvgIpc) is 2.26. The normalized spacial score (nSPS) is 12.4. The van der Waals surface area contributed by atoms with Crippen molar-refractivity contribution in [2.24, 2.45) is 0 Å². The molecule has 1 nitrogen and oxygen atoms in total. The average molecular weight is 227 g/mol. The first-order chi connectivity index (χ1) is 7.88. The van der Waals surface area contributed by atoms with E-state index in [9.17, 15) is 0 Å². The number of nitrogens with zero attached hydrogens (tertiary/aromatic N) is 1. The molecule has 0 N–H and O–H groups in total. The minimum absolute atomic E-state index is 0.199. The smallest absolute Gasteiger partial charge is 0.0705 e. The molecule has 1 aromatic heterocycles. The maximum Gasteiger partial charge on any atom is 0.0705 e. The van der Waals surface area contributed by atoms with Crippen LogP contribution < -0.4 is 0 Å². The number of hydrogen-bond acceptors (Lipinski definition) is 1. The molecule has 1 aromatic carbocycles. The predicted molar refractivity (Wildman–Crippen MR) is 74.5 cm³/mol. The molecule has 0 atom stereocenters. The fourth-order valence-electron chi connectivity index (χ4n) is 1.93. The molecule has 0 fully saturated rings. The molecule has 0 spiro atoms. The van der Waals surface area contributed by atoms with Crippen LogP contribution in [-0.4, -0.2) is 4.98 Å². The number of fused-ring (bicyclic) bond motifs is 1. The van der Waals surface area contributed by atoms with E-state index in [1.54, 1.807) is 0 Å². The topological polar surface area (TPSA) is 12.9 Å². The highest BCUT2D eigenvalue weighted by atomic mass is 14.7. The van der Waals surface area contributed by atoms with Crippen molar-refractivity contribution in [3.63, 3.8) is 0 Å². The van der Waals surface area contributed by atoms with Crippen molar-refractivity contribution in [1.82, 2.24) is 4.98 Å². The summed E-state index contributed by atoms with van der Waals surface area (Å²) in [6.07, 6.45) is 0. The minimum atomic E-state index is 0.199. The lowest BCUT2D eigenvalue weighted by atomic mass is 9.86. The molecule has 0 saturated carbocycles. The Labute approximate surface area is 104 Å². The zero-order valence-corrected chi connectivity index (χ0v) is 11.4. The second-order valence-corrected chi connectivity index (χ2v) is 6.05. The fraction of sp³-hybridized carbons (Fsp3) is 0.438. The van der Waals surface area contributed by atoms with Gasteiger partial charge in [-0.3, -0.25) is 4.98 Å². The van der Waals surface area contributed by atoms with Crippen LogP contribution >= 0.6 is 0 Å². The van der Waals surface area contributed by atoms with Gasteiger partial charge in [0.25, 0.3) is 0 Å². The lowest BCUT2D eigenvalue weighted by Gasteiger charge is -2.19. The molecule has 0 amide bonds. The summed E-state index contributed by atoms with van der Waals surface area (Å²) in [4.78, 5) is 4.70. The van der Waals surface area contributed by atoms with Gasteiger partial charge in [0.2, 0.25) is 0 Å². The Bertz CT molecular complexity index is 533. The van der Waals surface area contributed by atoms with Crippen molar-refractivity contribution in [2.45, 2.75) is 46.0 Å². The highest BCUT2D eigenvalue weighted by molar-refractivity contribution is 5.79. The van der Waals surface area contributed by atoms with Gasteiger partial charge in [-0.2, -0.15) is 0 Å². The molecule has 0 radical (unpaired) electrons. The molecule has 0 bridgehead atoms. The van der Waals surface area contributed by atoms with Crippen LogP contribution in [-0.2, 0) is 5.41 Å². The van der Waals surface area contributed by atoms with Gasteiger partial charge in [0.1, 0.15) is 0 Å². The first-order valence-electron chi connectivity index (χ1n) is 6.29. The van der Waals surface area contributed by atoms with Crippen molar-refractivity contribution >= 4 is 10.9 Å². The first kappa shape index (κ1) is 12.1. The Morgan fingerprint density at radius 1 is 1.00 bits per heavy atom. The Balaban J connectivity index is 2.54. The van der Waals surface area contributed by atoms with Gasteiger partial charge in [-0.15, -0.1) is 0 Å². The van der Waals surface area contributed by atoms with Crippen molar-refractivity contribution in [3.05, 3.63) is 41.6 Å². The highest BCUT2D eigenvalue weighted by Gasteiger charge is 2.14. The van der Waals surface area contributed by atoms with Crippen LogP contribution in [0, 0.1) is 0 Å². The van der Waals surface area contributed by atoms with Crippen LogP contribution in [0.15, 0.2) is 30.3 Å². The van der Waals surface area contributed by atoms with Gasteiger partial charge in [-0.05, 0) is 35.1 Å². The van der Waals surface area contributed by atoms with Crippen LogP contribution in [0.3, 0.4) is 0 Å². The van der Waals surface area contributed by atoms with Crippen molar-refractivity contribution in [1.29, 1.82) is 0 Å². The second kappa shape index (κ2) is 4.14. The Morgan fingerprint density at radius 2 is 1.71 bits per heavy atom. The van der Waals surface area contributed by atoms with Crippen LogP contribution in [0.2, 0.25) is 0 Å². The maximum atomic E-state index is 4.70. The zero-order valence-electron chi connectivity index (χ0n) is 11.4. The number of rotatable bonds is 1. The van der Waals surface area contributed by atoms with Gasteiger partial charge in [-0.1, -0.05) is 46.8 Å². The number of aromatic nitrogens is 1. The molecule has 1 heterocycles. The van der Waals surface area contributed by atoms with Gasteiger partial charge in [0.15, 0.2) is 0 Å². The van der Waals surface area contributed by atoms with E-state index in [1.807, 2.05) is 0 Å². The predicted octanol–water partition coefficient (Wildman–Crippen LogP) is 4.66. The van der Waals surface area contributed by atoms with Gasteiger partial charge in [-0.25, -0.2) is 0 Å². The van der Waals surface area contributed by atoms with Gasteiger partial charge in [0, 0.05) is 11.1 Å². The number of hydrogen-bond donors (Lipinski definition) is 0. The van der Waals surface area contributed by atoms with Gasteiger partial charge >= 0.3 is 0 Å². The van der Waals surface area contributed by atoms with E-state index in [0.717, 1.165) is 5.52 Å². The summed E-state index contributed by atoms with van der Waals surface area (Å²) in [5, 5.41) is 1.24.